The van der Waals surface area contributed by atoms with Crippen LogP contribution in [0.4, 0.5) is 17.1 Å². The number of rotatable bonds is 5. The molecule has 0 aromatic heterocycles. The van der Waals surface area contributed by atoms with Gasteiger partial charge in [-0.25, -0.2) is 0 Å². The molecule has 1 unspecified atom stereocenters. The molecule has 9 rings (SSSR count). The van der Waals surface area contributed by atoms with E-state index in [1.807, 2.05) is 12.2 Å². The number of anilines is 3. The number of nitrogens with zero attached hydrogens (tertiary/aromatic N) is 1. The lowest BCUT2D eigenvalue weighted by Gasteiger charge is -2.36. The summed E-state index contributed by atoms with van der Waals surface area (Å²) in [7, 11) is 0. The number of benzene rings is 7. The minimum absolute atomic E-state index is 0.488. The number of hydrogen-bond acceptors (Lipinski definition) is 2. The van der Waals surface area contributed by atoms with E-state index in [2.05, 4.69) is 193 Å². The zero-order valence-corrected chi connectivity index (χ0v) is 28.8. The summed E-state index contributed by atoms with van der Waals surface area (Å²) in [4.78, 5) is 2.44. The lowest BCUT2D eigenvalue weighted by Crippen LogP contribution is -2.29. The van der Waals surface area contributed by atoms with E-state index in [1.165, 1.54) is 38.9 Å². The van der Waals surface area contributed by atoms with Crippen molar-refractivity contribution in [1.82, 2.24) is 0 Å². The molecule has 0 amide bonds. The van der Waals surface area contributed by atoms with Gasteiger partial charge >= 0.3 is 0 Å². The largest absolute Gasteiger partial charge is 0.489 e. The van der Waals surface area contributed by atoms with Crippen LogP contribution in [0.5, 0.6) is 5.75 Å². The molecule has 0 saturated heterocycles. The second kappa shape index (κ2) is 13.2. The van der Waals surface area contributed by atoms with Gasteiger partial charge in [0.05, 0.1) is 16.8 Å². The SMILES string of the molecule is C=C1/C=C\C=C/COc2ccccc2C12c1ccccc1-c1c(N(c3ccc(-c4ccccc4)cc3)c3ccccc3-c3ccccc3)cccc12. The van der Waals surface area contributed by atoms with Gasteiger partial charge in [0.25, 0.3) is 0 Å². The molecule has 1 heterocycles. The molecule has 0 radical (unpaired) electrons. The molecule has 248 valence electrons. The van der Waals surface area contributed by atoms with Gasteiger partial charge in [0.1, 0.15) is 12.4 Å². The molecule has 1 aliphatic heterocycles. The number of fused-ring (bicyclic) bond motifs is 7. The molecule has 1 atom stereocenters. The monoisotopic (exact) mass is 667 g/mol. The quantitative estimate of drug-likeness (QED) is 0.181. The molecule has 0 saturated carbocycles. The standard InChI is InChI=1S/C50H37NO/c1-36-18-5-4-16-35-52-48-30-15-13-26-44(48)50(36)43-25-12-10-24-42(43)49-45(50)27-17-29-47(49)51(40-33-31-38(32-34-40)37-19-6-2-7-20-37)46-28-14-11-23-41(46)39-21-8-3-9-22-39/h2-34H,1,35H2/b16-4-,18-5-. The maximum absolute atomic E-state index is 6.49. The van der Waals surface area contributed by atoms with Crippen molar-refractivity contribution in [2.45, 2.75) is 5.41 Å². The first-order valence-corrected chi connectivity index (χ1v) is 17.8. The first kappa shape index (κ1) is 31.3. The first-order valence-electron chi connectivity index (χ1n) is 17.8. The second-order valence-corrected chi connectivity index (χ2v) is 13.2. The number of ether oxygens (including phenoxy) is 1. The topological polar surface area (TPSA) is 12.5 Å². The zero-order chi connectivity index (χ0) is 34.9. The normalized spacial score (nSPS) is 17.0. The fourth-order valence-corrected chi connectivity index (χ4v) is 8.15. The minimum Gasteiger partial charge on any atom is -0.489 e. The highest BCUT2D eigenvalue weighted by Gasteiger charge is 2.49. The summed E-state index contributed by atoms with van der Waals surface area (Å²) >= 11 is 0. The van der Waals surface area contributed by atoms with Crippen molar-refractivity contribution in [2.24, 2.45) is 0 Å². The average molecular weight is 668 g/mol. The summed E-state index contributed by atoms with van der Waals surface area (Å²) in [6.07, 6.45) is 8.34. The lowest BCUT2D eigenvalue weighted by atomic mass is 9.67. The van der Waals surface area contributed by atoms with E-state index in [9.17, 15) is 0 Å². The Bertz CT molecular complexity index is 2480. The molecule has 2 aliphatic rings. The minimum atomic E-state index is -0.679. The molecule has 0 bridgehead atoms. The van der Waals surface area contributed by atoms with Crippen LogP contribution >= 0.6 is 0 Å². The predicted molar refractivity (Wildman–Crippen MR) is 217 cm³/mol. The summed E-state index contributed by atoms with van der Waals surface area (Å²) in [6.45, 7) is 5.30. The van der Waals surface area contributed by atoms with Crippen LogP contribution in [0, 0.1) is 0 Å². The maximum Gasteiger partial charge on any atom is 0.124 e. The average Bonchev–Trinajstić information content (AvgIpc) is 3.52. The van der Waals surface area contributed by atoms with E-state index < -0.39 is 5.41 Å². The Kier molecular flexibility index (Phi) is 7.98. The van der Waals surface area contributed by atoms with E-state index in [4.69, 9.17) is 11.3 Å². The van der Waals surface area contributed by atoms with Crippen molar-refractivity contribution in [2.75, 3.05) is 11.5 Å². The molecule has 2 nitrogen and oxygen atoms in total. The molecule has 1 spiro atoms. The third-order valence-corrected chi connectivity index (χ3v) is 10.4. The molecular weight excluding hydrogens is 631 g/mol. The van der Waals surface area contributed by atoms with E-state index in [1.54, 1.807) is 0 Å². The fourth-order valence-electron chi connectivity index (χ4n) is 8.15. The van der Waals surface area contributed by atoms with Gasteiger partial charge in [-0.05, 0) is 75.4 Å². The van der Waals surface area contributed by atoms with E-state index in [0.29, 0.717) is 6.61 Å². The fraction of sp³-hybridized carbons (Fsp3) is 0.0400. The van der Waals surface area contributed by atoms with Crippen LogP contribution in [0.2, 0.25) is 0 Å². The molecule has 7 aromatic rings. The highest BCUT2D eigenvalue weighted by molar-refractivity contribution is 6.00. The first-order chi connectivity index (χ1) is 25.7. The summed E-state index contributed by atoms with van der Waals surface area (Å²) in [5, 5.41) is 0. The van der Waals surface area contributed by atoms with Crippen molar-refractivity contribution >= 4 is 17.1 Å². The Morgan fingerprint density at radius 1 is 0.481 bits per heavy atom. The van der Waals surface area contributed by atoms with Crippen LogP contribution in [0.3, 0.4) is 0 Å². The van der Waals surface area contributed by atoms with E-state index >= 15 is 0 Å². The number of hydrogen-bond donors (Lipinski definition) is 0. The van der Waals surface area contributed by atoms with E-state index in [-0.39, 0.29) is 0 Å². The molecule has 1 aliphatic carbocycles. The molecular formula is C50H37NO. The van der Waals surface area contributed by atoms with Crippen LogP contribution in [-0.4, -0.2) is 6.61 Å². The van der Waals surface area contributed by atoms with Gasteiger partial charge in [0.2, 0.25) is 0 Å². The van der Waals surface area contributed by atoms with Gasteiger partial charge in [0.15, 0.2) is 0 Å². The van der Waals surface area contributed by atoms with Crippen LogP contribution < -0.4 is 9.64 Å². The summed E-state index contributed by atoms with van der Waals surface area (Å²) in [5.74, 6) is 0.861. The van der Waals surface area contributed by atoms with Crippen LogP contribution in [-0.2, 0) is 5.41 Å². The zero-order valence-electron chi connectivity index (χ0n) is 28.8. The van der Waals surface area contributed by atoms with Crippen molar-refractivity contribution in [3.05, 3.63) is 229 Å². The Labute approximate surface area is 305 Å². The smallest absolute Gasteiger partial charge is 0.124 e. The highest BCUT2D eigenvalue weighted by atomic mass is 16.5. The van der Waals surface area contributed by atoms with Crippen molar-refractivity contribution in [1.29, 1.82) is 0 Å². The number of para-hydroxylation sites is 2. The third kappa shape index (κ3) is 5.11. The van der Waals surface area contributed by atoms with Gasteiger partial charge in [-0.1, -0.05) is 170 Å². The van der Waals surface area contributed by atoms with Gasteiger partial charge in [-0.2, -0.15) is 0 Å². The second-order valence-electron chi connectivity index (χ2n) is 13.2. The summed E-state index contributed by atoms with van der Waals surface area (Å²) < 4.78 is 6.49. The predicted octanol–water partition coefficient (Wildman–Crippen LogP) is 12.9. The van der Waals surface area contributed by atoms with E-state index in [0.717, 1.165) is 39.5 Å². The van der Waals surface area contributed by atoms with Crippen LogP contribution in [0.25, 0.3) is 33.4 Å². The Morgan fingerprint density at radius 2 is 1.08 bits per heavy atom. The number of allylic oxidation sites excluding steroid dienone is 4. The maximum atomic E-state index is 6.49. The molecule has 0 fully saturated rings. The van der Waals surface area contributed by atoms with Gasteiger partial charge in [0, 0.05) is 22.4 Å². The third-order valence-electron chi connectivity index (χ3n) is 10.4. The molecule has 52 heavy (non-hydrogen) atoms. The molecule has 2 heteroatoms. The van der Waals surface area contributed by atoms with Crippen molar-refractivity contribution < 1.29 is 4.74 Å². The Morgan fingerprint density at radius 3 is 1.87 bits per heavy atom. The van der Waals surface area contributed by atoms with Crippen molar-refractivity contribution in [3.63, 3.8) is 0 Å². The summed E-state index contributed by atoms with van der Waals surface area (Å²) in [6, 6.07) is 63.0. The Hall–Kier alpha value is -6.64. The molecule has 7 aromatic carbocycles. The van der Waals surface area contributed by atoms with Crippen LogP contribution in [0.15, 0.2) is 212 Å². The lowest BCUT2D eigenvalue weighted by molar-refractivity contribution is 0.355. The van der Waals surface area contributed by atoms with Crippen LogP contribution in [0.1, 0.15) is 16.7 Å². The molecule has 0 N–H and O–H groups in total. The van der Waals surface area contributed by atoms with Gasteiger partial charge in [-0.3, -0.25) is 0 Å². The summed E-state index contributed by atoms with van der Waals surface area (Å²) in [5.41, 5.74) is 14.1. The van der Waals surface area contributed by atoms with Gasteiger partial charge in [-0.15, -0.1) is 0 Å². The Balaban J connectivity index is 1.34. The highest BCUT2D eigenvalue weighted by Crippen LogP contribution is 2.61. The van der Waals surface area contributed by atoms with Gasteiger partial charge < -0.3 is 9.64 Å². The van der Waals surface area contributed by atoms with Crippen molar-refractivity contribution in [3.8, 4) is 39.1 Å².